The summed E-state index contributed by atoms with van der Waals surface area (Å²) in [5.41, 5.74) is 5.21. The topological polar surface area (TPSA) is 84.2 Å². The van der Waals surface area contributed by atoms with Crippen LogP contribution in [0.3, 0.4) is 0 Å². The zero-order chi connectivity index (χ0) is 12.1. The van der Waals surface area contributed by atoms with Crippen LogP contribution >= 0.6 is 0 Å². The second-order valence-corrected chi connectivity index (χ2v) is 4.72. The Hall–Kier alpha value is -1.26. The molecule has 1 saturated carbocycles. The van der Waals surface area contributed by atoms with Gasteiger partial charge in [-0.25, -0.2) is 4.79 Å². The van der Waals surface area contributed by atoms with Crippen LogP contribution in [0.4, 0.5) is 4.79 Å². The normalized spacial score (nSPS) is 18.4. The molecule has 3 amide bonds. The van der Waals surface area contributed by atoms with Gasteiger partial charge in [0.25, 0.3) is 0 Å². The largest absolute Gasteiger partial charge is 0.368 e. The number of carbonyl (C=O) groups is 2. The maximum Gasteiger partial charge on any atom is 0.315 e. The minimum atomic E-state index is -0.596. The average molecular weight is 227 g/mol. The van der Waals surface area contributed by atoms with E-state index in [4.69, 9.17) is 5.73 Å². The zero-order valence-corrected chi connectivity index (χ0v) is 9.95. The van der Waals surface area contributed by atoms with Gasteiger partial charge < -0.3 is 16.4 Å². The van der Waals surface area contributed by atoms with Crippen LogP contribution in [0.1, 0.15) is 39.5 Å². The third kappa shape index (κ3) is 3.72. The van der Waals surface area contributed by atoms with E-state index in [2.05, 4.69) is 10.6 Å². The van der Waals surface area contributed by atoms with Crippen LogP contribution in [0.15, 0.2) is 0 Å². The molecule has 1 aliphatic rings. The summed E-state index contributed by atoms with van der Waals surface area (Å²) in [7, 11) is 0. The van der Waals surface area contributed by atoms with E-state index in [-0.39, 0.29) is 18.0 Å². The maximum absolute atomic E-state index is 11.6. The highest BCUT2D eigenvalue weighted by Crippen LogP contribution is 2.17. The fourth-order valence-corrected chi connectivity index (χ4v) is 2.00. The summed E-state index contributed by atoms with van der Waals surface area (Å²) in [4.78, 5) is 22.7. The van der Waals surface area contributed by atoms with Crippen molar-refractivity contribution < 1.29 is 9.59 Å². The molecule has 0 radical (unpaired) electrons. The lowest BCUT2D eigenvalue weighted by molar-refractivity contribution is -0.120. The van der Waals surface area contributed by atoms with E-state index in [1.165, 1.54) is 0 Å². The first kappa shape index (κ1) is 12.8. The molecule has 0 aromatic rings. The molecule has 5 heteroatoms. The second-order valence-electron chi connectivity index (χ2n) is 4.72. The quantitative estimate of drug-likeness (QED) is 0.661. The fourth-order valence-electron chi connectivity index (χ4n) is 2.00. The molecule has 1 aliphatic carbocycles. The number of rotatable bonds is 4. The van der Waals surface area contributed by atoms with Gasteiger partial charge in [-0.15, -0.1) is 0 Å². The monoisotopic (exact) mass is 227 g/mol. The van der Waals surface area contributed by atoms with Gasteiger partial charge in [-0.1, -0.05) is 26.7 Å². The Labute approximate surface area is 96.1 Å². The van der Waals surface area contributed by atoms with Gasteiger partial charge >= 0.3 is 6.03 Å². The number of hydrogen-bond donors (Lipinski definition) is 3. The van der Waals surface area contributed by atoms with Gasteiger partial charge in [0.15, 0.2) is 0 Å². The van der Waals surface area contributed by atoms with Crippen molar-refractivity contribution in [2.45, 2.75) is 51.6 Å². The van der Waals surface area contributed by atoms with E-state index >= 15 is 0 Å². The van der Waals surface area contributed by atoms with Crippen LogP contribution in [0.25, 0.3) is 0 Å². The van der Waals surface area contributed by atoms with Gasteiger partial charge in [-0.05, 0) is 18.8 Å². The van der Waals surface area contributed by atoms with Crippen LogP contribution < -0.4 is 16.4 Å². The molecule has 16 heavy (non-hydrogen) atoms. The number of hydrogen-bond acceptors (Lipinski definition) is 2. The molecule has 0 aromatic carbocycles. The van der Waals surface area contributed by atoms with Crippen LogP contribution in [-0.4, -0.2) is 24.0 Å². The summed E-state index contributed by atoms with van der Waals surface area (Å²) < 4.78 is 0. The Morgan fingerprint density at radius 1 is 1.25 bits per heavy atom. The summed E-state index contributed by atoms with van der Waals surface area (Å²) in [5, 5.41) is 5.48. The average Bonchev–Trinajstić information content (AvgIpc) is 2.65. The van der Waals surface area contributed by atoms with Gasteiger partial charge in [-0.3, -0.25) is 4.79 Å². The molecule has 92 valence electrons. The number of nitrogens with two attached hydrogens (primary N) is 1. The molecule has 0 spiro atoms. The van der Waals surface area contributed by atoms with Crippen molar-refractivity contribution in [3.05, 3.63) is 0 Å². The third-order valence-corrected chi connectivity index (χ3v) is 2.95. The Bertz CT molecular complexity index is 260. The van der Waals surface area contributed by atoms with E-state index in [1.54, 1.807) is 0 Å². The minimum absolute atomic E-state index is 0.00632. The van der Waals surface area contributed by atoms with E-state index in [0.717, 1.165) is 25.7 Å². The highest BCUT2D eigenvalue weighted by atomic mass is 16.2. The molecule has 4 N–H and O–H groups in total. The first-order valence-electron chi connectivity index (χ1n) is 5.87. The summed E-state index contributed by atoms with van der Waals surface area (Å²) >= 11 is 0. The molecule has 0 aromatic heterocycles. The number of primary amides is 1. The van der Waals surface area contributed by atoms with E-state index < -0.39 is 11.9 Å². The van der Waals surface area contributed by atoms with Crippen LogP contribution in [0, 0.1) is 5.92 Å². The van der Waals surface area contributed by atoms with Crippen LogP contribution in [-0.2, 0) is 4.79 Å². The third-order valence-electron chi connectivity index (χ3n) is 2.95. The highest BCUT2D eigenvalue weighted by Gasteiger charge is 2.23. The number of carbonyl (C=O) groups excluding carboxylic acids is 2. The molecule has 1 unspecified atom stereocenters. The number of nitrogens with one attached hydrogen (secondary N) is 2. The van der Waals surface area contributed by atoms with E-state index in [0.29, 0.717) is 0 Å². The van der Waals surface area contributed by atoms with Gasteiger partial charge in [0.1, 0.15) is 6.04 Å². The molecule has 1 rings (SSSR count). The Morgan fingerprint density at radius 3 is 2.25 bits per heavy atom. The summed E-state index contributed by atoms with van der Waals surface area (Å²) in [6.07, 6.45) is 4.37. The Kier molecular flexibility index (Phi) is 4.58. The lowest BCUT2D eigenvalue weighted by atomic mass is 10.0. The fraction of sp³-hybridized carbons (Fsp3) is 0.818. The first-order chi connectivity index (χ1) is 7.50. The van der Waals surface area contributed by atoms with Crippen molar-refractivity contribution >= 4 is 11.9 Å². The molecular weight excluding hydrogens is 206 g/mol. The van der Waals surface area contributed by atoms with E-state index in [1.807, 2.05) is 13.8 Å². The first-order valence-corrected chi connectivity index (χ1v) is 5.87. The minimum Gasteiger partial charge on any atom is -0.368 e. The number of urea groups is 1. The molecule has 0 bridgehead atoms. The van der Waals surface area contributed by atoms with Gasteiger partial charge in [0, 0.05) is 6.04 Å². The lowest BCUT2D eigenvalue weighted by Gasteiger charge is -2.20. The predicted octanol–water partition coefficient (Wildman–Crippen LogP) is 0.738. The highest BCUT2D eigenvalue weighted by molar-refractivity contribution is 5.86. The Morgan fingerprint density at radius 2 is 1.81 bits per heavy atom. The lowest BCUT2D eigenvalue weighted by Crippen LogP contribution is -2.52. The van der Waals surface area contributed by atoms with Crippen molar-refractivity contribution in [3.63, 3.8) is 0 Å². The Balaban J connectivity index is 2.38. The maximum atomic E-state index is 11.6. The van der Waals surface area contributed by atoms with Crippen molar-refractivity contribution in [1.82, 2.24) is 10.6 Å². The smallest absolute Gasteiger partial charge is 0.315 e. The summed E-state index contributed by atoms with van der Waals surface area (Å²) in [6, 6.07) is -0.633. The molecule has 1 atom stereocenters. The molecule has 0 heterocycles. The SMILES string of the molecule is CC(C)C(NC(=O)NC1CCCC1)C(N)=O. The van der Waals surface area contributed by atoms with Crippen LogP contribution in [0.2, 0.25) is 0 Å². The second kappa shape index (κ2) is 5.72. The molecule has 5 nitrogen and oxygen atoms in total. The van der Waals surface area contributed by atoms with Crippen LogP contribution in [0.5, 0.6) is 0 Å². The summed E-state index contributed by atoms with van der Waals surface area (Å²) in [5.74, 6) is -0.483. The molecular formula is C11H21N3O2. The number of amides is 3. The van der Waals surface area contributed by atoms with Gasteiger partial charge in [-0.2, -0.15) is 0 Å². The van der Waals surface area contributed by atoms with Crippen molar-refractivity contribution in [3.8, 4) is 0 Å². The molecule has 0 aliphatic heterocycles. The predicted molar refractivity (Wildman–Crippen MR) is 61.7 cm³/mol. The molecule has 0 saturated heterocycles. The van der Waals surface area contributed by atoms with Crippen molar-refractivity contribution in [2.24, 2.45) is 11.7 Å². The van der Waals surface area contributed by atoms with Crippen molar-refractivity contribution in [2.75, 3.05) is 0 Å². The van der Waals surface area contributed by atoms with Crippen molar-refractivity contribution in [1.29, 1.82) is 0 Å². The summed E-state index contributed by atoms with van der Waals surface area (Å²) in [6.45, 7) is 3.70. The standard InChI is InChI=1S/C11H21N3O2/c1-7(2)9(10(12)15)14-11(16)13-8-5-3-4-6-8/h7-9H,3-6H2,1-2H3,(H2,12,15)(H2,13,14,16). The molecule has 1 fully saturated rings. The van der Waals surface area contributed by atoms with Gasteiger partial charge in [0.05, 0.1) is 0 Å². The van der Waals surface area contributed by atoms with Gasteiger partial charge in [0.2, 0.25) is 5.91 Å². The van der Waals surface area contributed by atoms with E-state index in [9.17, 15) is 9.59 Å². The zero-order valence-electron chi connectivity index (χ0n) is 9.95.